The Morgan fingerprint density at radius 3 is 2.39 bits per heavy atom. The molecule has 1 saturated heterocycles. The van der Waals surface area contributed by atoms with Gasteiger partial charge in [-0.15, -0.1) is 0 Å². The van der Waals surface area contributed by atoms with Gasteiger partial charge in [0.05, 0.1) is 17.1 Å². The van der Waals surface area contributed by atoms with Gasteiger partial charge in [-0.1, -0.05) is 30.3 Å². The standard InChI is InChI=1S/C38H51FN8O4/c1-37(2,3)51-34(48)29(15-10-11-17-40)43-35(49)38(4,5)32-24-42-33(45-32)30(22-25-23-41-28-14-8-6-12-26(25)28)44-36(50)47-20-18-46(19-21-47)31-16-9-7-13-27(31)39/h6-9,12-14,16,23-24,29-30,41H,10-11,15,17-22,40H2,1-5H3,(H,42,45)(H,43,49)(H,44,50)/t29-,30-/m1/s1. The third-order valence-corrected chi connectivity index (χ3v) is 9.27. The summed E-state index contributed by atoms with van der Waals surface area (Å²) in [7, 11) is 0. The molecule has 0 aliphatic carbocycles. The van der Waals surface area contributed by atoms with Crippen LogP contribution in [-0.2, 0) is 26.2 Å². The number of nitrogens with zero attached hydrogens (tertiary/aromatic N) is 3. The molecular formula is C38H51FN8O4. The van der Waals surface area contributed by atoms with Crippen molar-refractivity contribution in [2.75, 3.05) is 37.6 Å². The van der Waals surface area contributed by atoms with Crippen molar-refractivity contribution in [3.8, 4) is 0 Å². The number of piperazine rings is 1. The van der Waals surface area contributed by atoms with Crippen LogP contribution in [0.1, 0.15) is 77.0 Å². The number of halogens is 1. The lowest BCUT2D eigenvalue weighted by atomic mass is 9.88. The number of esters is 1. The molecule has 3 amide bonds. The number of nitrogens with one attached hydrogen (secondary N) is 4. The Kier molecular flexibility index (Phi) is 11.7. The maximum atomic E-state index is 14.4. The number of hydrogen-bond donors (Lipinski definition) is 5. The number of H-pyrrole nitrogens is 2. The smallest absolute Gasteiger partial charge is 0.329 e. The highest BCUT2D eigenvalue weighted by molar-refractivity contribution is 5.91. The summed E-state index contributed by atoms with van der Waals surface area (Å²) in [4.78, 5) is 55.6. The van der Waals surface area contributed by atoms with Crippen molar-refractivity contribution in [1.29, 1.82) is 0 Å². The highest BCUT2D eigenvalue weighted by Gasteiger charge is 2.37. The normalized spacial score (nSPS) is 15.0. The summed E-state index contributed by atoms with van der Waals surface area (Å²) in [5, 5.41) is 7.13. The first-order valence-corrected chi connectivity index (χ1v) is 17.7. The van der Waals surface area contributed by atoms with Crippen molar-refractivity contribution < 1.29 is 23.5 Å². The van der Waals surface area contributed by atoms with E-state index >= 15 is 0 Å². The van der Waals surface area contributed by atoms with Crippen molar-refractivity contribution in [2.24, 2.45) is 5.73 Å². The summed E-state index contributed by atoms with van der Waals surface area (Å²) in [5.41, 5.74) is 6.88. The van der Waals surface area contributed by atoms with E-state index in [2.05, 4.69) is 25.6 Å². The lowest BCUT2D eigenvalue weighted by Crippen LogP contribution is -2.52. The molecule has 4 aromatic rings. The second kappa shape index (κ2) is 16.0. The van der Waals surface area contributed by atoms with Crippen LogP contribution < -0.4 is 21.3 Å². The quantitative estimate of drug-likeness (QED) is 0.0960. The number of ether oxygens (including phenoxy) is 1. The molecule has 1 fully saturated rings. The Labute approximate surface area is 298 Å². The average molecular weight is 703 g/mol. The average Bonchev–Trinajstić information content (AvgIpc) is 3.76. The SMILES string of the molecule is CC(C)(C)OC(=O)[C@@H](CCCCN)NC(=O)C(C)(C)c1cnc([C@@H](Cc2c[nH]c3ccccc23)NC(=O)N2CCN(c3ccccc3F)CC2)[nH]1. The predicted molar refractivity (Wildman–Crippen MR) is 196 cm³/mol. The molecule has 2 aromatic carbocycles. The first-order chi connectivity index (χ1) is 24.3. The fraction of sp³-hybridized carbons (Fsp3) is 0.474. The first-order valence-electron chi connectivity index (χ1n) is 17.7. The number of amides is 3. The van der Waals surface area contributed by atoms with Gasteiger partial charge in [0, 0.05) is 61.6 Å². The van der Waals surface area contributed by atoms with E-state index in [1.165, 1.54) is 6.07 Å². The van der Waals surface area contributed by atoms with Gasteiger partial charge >= 0.3 is 12.0 Å². The van der Waals surface area contributed by atoms with Crippen LogP contribution in [0.4, 0.5) is 14.9 Å². The number of aromatic nitrogens is 3. The summed E-state index contributed by atoms with van der Waals surface area (Å²) in [5.74, 6) is -0.663. The molecule has 5 rings (SSSR count). The molecule has 51 heavy (non-hydrogen) atoms. The van der Waals surface area contributed by atoms with E-state index < -0.39 is 29.1 Å². The number of unbranched alkanes of at least 4 members (excludes halogenated alkanes) is 1. The number of imidazole rings is 1. The molecule has 0 saturated carbocycles. The van der Waals surface area contributed by atoms with Crippen molar-refractivity contribution in [3.05, 3.63) is 83.8 Å². The number of carbonyl (C=O) groups excluding carboxylic acids is 3. The Bertz CT molecular complexity index is 1800. The Morgan fingerprint density at radius 1 is 0.980 bits per heavy atom. The Balaban J connectivity index is 1.34. The van der Waals surface area contributed by atoms with Gasteiger partial charge in [0.15, 0.2) is 0 Å². The van der Waals surface area contributed by atoms with Gasteiger partial charge in [-0.3, -0.25) is 4.79 Å². The van der Waals surface area contributed by atoms with Crippen LogP contribution in [0.15, 0.2) is 60.9 Å². The summed E-state index contributed by atoms with van der Waals surface area (Å²) in [6, 6.07) is 12.9. The molecule has 3 heterocycles. The maximum absolute atomic E-state index is 14.4. The van der Waals surface area contributed by atoms with Crippen molar-refractivity contribution in [2.45, 2.75) is 83.4 Å². The number of benzene rings is 2. The minimum absolute atomic E-state index is 0.263. The number of hydrogen-bond acceptors (Lipinski definition) is 7. The van der Waals surface area contributed by atoms with Gasteiger partial charge in [-0.25, -0.2) is 19.0 Å². The van der Waals surface area contributed by atoms with E-state index in [9.17, 15) is 18.8 Å². The minimum atomic E-state index is -1.11. The van der Waals surface area contributed by atoms with Gasteiger partial charge in [0.2, 0.25) is 5.91 Å². The number of nitrogens with two attached hydrogens (primary N) is 1. The Hall–Kier alpha value is -4.91. The maximum Gasteiger partial charge on any atom is 0.329 e. The number of anilines is 1. The topological polar surface area (TPSA) is 161 Å². The van der Waals surface area contributed by atoms with Gasteiger partial charge in [0.25, 0.3) is 0 Å². The van der Waals surface area contributed by atoms with Crippen LogP contribution in [-0.4, -0.2) is 82.1 Å². The molecule has 0 bridgehead atoms. The third kappa shape index (κ3) is 9.26. The molecule has 0 unspecified atom stereocenters. The van der Waals surface area contributed by atoms with Crippen molar-refractivity contribution in [1.82, 2.24) is 30.5 Å². The van der Waals surface area contributed by atoms with Crippen LogP contribution in [0, 0.1) is 5.82 Å². The van der Waals surface area contributed by atoms with Crippen LogP contribution in [0.5, 0.6) is 0 Å². The monoisotopic (exact) mass is 702 g/mol. The highest BCUT2D eigenvalue weighted by atomic mass is 19.1. The van der Waals surface area contributed by atoms with Gasteiger partial charge in [-0.05, 0) is 84.2 Å². The molecule has 2 atom stereocenters. The fourth-order valence-corrected chi connectivity index (χ4v) is 6.24. The summed E-state index contributed by atoms with van der Waals surface area (Å²) < 4.78 is 20.1. The second-order valence-corrected chi connectivity index (χ2v) is 14.6. The minimum Gasteiger partial charge on any atom is -0.458 e. The van der Waals surface area contributed by atoms with Crippen molar-refractivity contribution >= 4 is 34.5 Å². The van der Waals surface area contributed by atoms with E-state index in [1.54, 1.807) is 63.9 Å². The molecule has 6 N–H and O–H groups in total. The van der Waals surface area contributed by atoms with Gasteiger partial charge in [0.1, 0.15) is 23.3 Å². The van der Waals surface area contributed by atoms with Crippen molar-refractivity contribution in [3.63, 3.8) is 0 Å². The van der Waals surface area contributed by atoms with Crippen LogP contribution in [0.25, 0.3) is 10.9 Å². The Morgan fingerprint density at radius 2 is 1.69 bits per heavy atom. The van der Waals surface area contributed by atoms with E-state index in [-0.39, 0.29) is 17.8 Å². The fourth-order valence-electron chi connectivity index (χ4n) is 6.24. The second-order valence-electron chi connectivity index (χ2n) is 14.6. The van der Waals surface area contributed by atoms with E-state index in [0.29, 0.717) is 75.6 Å². The lowest BCUT2D eigenvalue weighted by molar-refractivity contribution is -0.159. The molecule has 0 spiro atoms. The number of fused-ring (bicyclic) bond motifs is 1. The van der Waals surface area contributed by atoms with Gasteiger partial charge < -0.3 is 40.9 Å². The number of para-hydroxylation sites is 2. The van der Waals surface area contributed by atoms with Crippen LogP contribution in [0.3, 0.4) is 0 Å². The largest absolute Gasteiger partial charge is 0.458 e. The number of aromatic amines is 2. The zero-order chi connectivity index (χ0) is 36.8. The van der Waals surface area contributed by atoms with E-state index in [1.807, 2.05) is 35.4 Å². The number of rotatable bonds is 13. The first kappa shape index (κ1) is 37.3. The summed E-state index contributed by atoms with van der Waals surface area (Å²) in [6.45, 7) is 11.2. The number of carbonyl (C=O) groups is 3. The highest BCUT2D eigenvalue weighted by Crippen LogP contribution is 2.28. The molecule has 1 aliphatic heterocycles. The molecule has 274 valence electrons. The predicted octanol–water partition coefficient (Wildman–Crippen LogP) is 5.08. The van der Waals surface area contributed by atoms with Crippen LogP contribution >= 0.6 is 0 Å². The molecule has 13 heteroatoms. The zero-order valence-electron chi connectivity index (χ0n) is 30.2. The lowest BCUT2D eigenvalue weighted by Gasteiger charge is -2.36. The van der Waals surface area contributed by atoms with Gasteiger partial charge in [-0.2, -0.15) is 0 Å². The molecule has 0 radical (unpaired) electrons. The zero-order valence-corrected chi connectivity index (χ0v) is 30.2. The van der Waals surface area contributed by atoms with E-state index in [4.69, 9.17) is 10.5 Å². The molecule has 2 aromatic heterocycles. The summed E-state index contributed by atoms with van der Waals surface area (Å²) >= 11 is 0. The van der Waals surface area contributed by atoms with E-state index in [0.717, 1.165) is 16.5 Å². The summed E-state index contributed by atoms with van der Waals surface area (Å²) in [6.07, 6.45) is 5.73. The molecular weight excluding hydrogens is 651 g/mol. The molecule has 1 aliphatic rings. The third-order valence-electron chi connectivity index (χ3n) is 9.27. The molecule has 12 nitrogen and oxygen atoms in total. The number of urea groups is 1. The van der Waals surface area contributed by atoms with Crippen LogP contribution in [0.2, 0.25) is 0 Å².